The fraction of sp³-hybridized carbons (Fsp3) is 0.364. The summed E-state index contributed by atoms with van der Waals surface area (Å²) in [7, 11) is 0. The Bertz CT molecular complexity index is 404. The summed E-state index contributed by atoms with van der Waals surface area (Å²) in [6, 6.07) is 3.58. The van der Waals surface area contributed by atoms with Crippen molar-refractivity contribution in [1.82, 2.24) is 10.4 Å². The molecule has 0 saturated heterocycles. The lowest BCUT2D eigenvalue weighted by atomic mass is 10.2. The third-order valence-electron chi connectivity index (χ3n) is 1.97. The maximum absolute atomic E-state index is 11.2. The number of nitrogens with one attached hydrogen (secondary N) is 1. The van der Waals surface area contributed by atoms with Gasteiger partial charge in [0, 0.05) is 18.2 Å². The molecule has 0 saturated carbocycles. The van der Waals surface area contributed by atoms with Crippen LogP contribution in [0, 0.1) is 0 Å². The summed E-state index contributed by atoms with van der Waals surface area (Å²) in [5, 5.41) is 4.35. The molecule has 1 rings (SSSR count). The molecular weight excluding hydrogens is 226 g/mol. The molecule has 1 amide bonds. The summed E-state index contributed by atoms with van der Waals surface area (Å²) in [5.74, 6) is -0.0955. The van der Waals surface area contributed by atoms with Gasteiger partial charge in [0.15, 0.2) is 0 Å². The van der Waals surface area contributed by atoms with Crippen molar-refractivity contribution in [2.45, 2.75) is 26.7 Å². The molecule has 0 bridgehead atoms. The van der Waals surface area contributed by atoms with Gasteiger partial charge < -0.3 is 0 Å². The molecule has 1 aromatic rings. The van der Waals surface area contributed by atoms with Crippen LogP contribution in [0.1, 0.15) is 32.3 Å². The Labute approximate surface area is 99.7 Å². The van der Waals surface area contributed by atoms with E-state index >= 15 is 0 Å². The molecule has 0 aromatic carbocycles. The van der Waals surface area contributed by atoms with Crippen LogP contribution in [-0.2, 0) is 4.79 Å². The molecule has 5 heteroatoms. The van der Waals surface area contributed by atoms with Crippen LogP contribution in [0.15, 0.2) is 23.4 Å². The first kappa shape index (κ1) is 12.6. The maximum Gasteiger partial charge on any atom is 0.240 e. The van der Waals surface area contributed by atoms with Crippen LogP contribution in [0.5, 0.6) is 0 Å². The van der Waals surface area contributed by atoms with E-state index in [1.807, 2.05) is 6.92 Å². The second-order valence-electron chi connectivity index (χ2n) is 3.32. The molecular formula is C11H14ClN3O. The van der Waals surface area contributed by atoms with Gasteiger partial charge in [-0.25, -0.2) is 10.4 Å². The molecule has 1 aromatic heterocycles. The zero-order chi connectivity index (χ0) is 12.0. The molecule has 86 valence electrons. The number of carbonyl (C=O) groups excluding carboxylic acids is 1. The van der Waals surface area contributed by atoms with Crippen molar-refractivity contribution in [3.63, 3.8) is 0 Å². The van der Waals surface area contributed by atoms with Gasteiger partial charge in [0.25, 0.3) is 0 Å². The minimum atomic E-state index is -0.0955. The molecule has 1 N–H and O–H groups in total. The summed E-state index contributed by atoms with van der Waals surface area (Å²) in [6.45, 7) is 3.71. The van der Waals surface area contributed by atoms with Crippen molar-refractivity contribution in [2.75, 3.05) is 0 Å². The number of hydrogen-bond acceptors (Lipinski definition) is 3. The number of amides is 1. The predicted octanol–water partition coefficient (Wildman–Crippen LogP) is 2.38. The highest BCUT2D eigenvalue weighted by molar-refractivity contribution is 6.32. The van der Waals surface area contributed by atoms with E-state index in [2.05, 4.69) is 15.5 Å². The van der Waals surface area contributed by atoms with E-state index < -0.39 is 0 Å². The van der Waals surface area contributed by atoms with Gasteiger partial charge in [-0.1, -0.05) is 18.5 Å². The number of aromatic nitrogens is 1. The first-order chi connectivity index (χ1) is 7.65. The predicted molar refractivity (Wildman–Crippen MR) is 64.5 cm³/mol. The molecule has 0 unspecified atom stereocenters. The number of carbonyl (C=O) groups is 1. The second kappa shape index (κ2) is 6.23. The standard InChI is InChI=1S/C11H14ClN3O/c1-3-5-10(16)15-14-8(2)9-6-4-7-13-11(9)12/h4,6-7H,3,5H2,1-2H3,(H,15,16). The molecule has 1 heterocycles. The smallest absolute Gasteiger partial charge is 0.240 e. The number of rotatable bonds is 4. The molecule has 0 aliphatic heterocycles. The van der Waals surface area contributed by atoms with E-state index in [0.717, 1.165) is 12.0 Å². The van der Waals surface area contributed by atoms with Crippen molar-refractivity contribution < 1.29 is 4.79 Å². The third-order valence-corrected chi connectivity index (χ3v) is 2.28. The highest BCUT2D eigenvalue weighted by atomic mass is 35.5. The zero-order valence-corrected chi connectivity index (χ0v) is 10.1. The Morgan fingerprint density at radius 1 is 1.62 bits per heavy atom. The second-order valence-corrected chi connectivity index (χ2v) is 3.68. The molecule has 0 atom stereocenters. The van der Waals surface area contributed by atoms with E-state index in [1.165, 1.54) is 0 Å². The summed E-state index contributed by atoms with van der Waals surface area (Å²) in [5.41, 5.74) is 3.84. The highest BCUT2D eigenvalue weighted by Gasteiger charge is 2.04. The summed E-state index contributed by atoms with van der Waals surface area (Å²) in [4.78, 5) is 15.1. The number of nitrogens with zero attached hydrogens (tertiary/aromatic N) is 2. The van der Waals surface area contributed by atoms with Gasteiger partial charge in [0.05, 0.1) is 5.71 Å². The van der Waals surface area contributed by atoms with Gasteiger partial charge >= 0.3 is 0 Å². The highest BCUT2D eigenvalue weighted by Crippen LogP contribution is 2.12. The normalized spacial score (nSPS) is 11.3. The molecule has 0 fully saturated rings. The van der Waals surface area contributed by atoms with Gasteiger partial charge in [-0.05, 0) is 25.5 Å². The maximum atomic E-state index is 11.2. The van der Waals surface area contributed by atoms with Gasteiger partial charge in [-0.3, -0.25) is 4.79 Å². The largest absolute Gasteiger partial charge is 0.273 e. The molecule has 0 spiro atoms. The van der Waals surface area contributed by atoms with E-state index in [1.54, 1.807) is 25.3 Å². The van der Waals surface area contributed by atoms with Crippen molar-refractivity contribution in [3.05, 3.63) is 29.0 Å². The van der Waals surface area contributed by atoms with Crippen LogP contribution in [0.2, 0.25) is 5.15 Å². The van der Waals surface area contributed by atoms with Gasteiger partial charge in [0.1, 0.15) is 5.15 Å². The molecule has 4 nitrogen and oxygen atoms in total. The number of hydrazone groups is 1. The summed E-state index contributed by atoms with van der Waals surface area (Å²) >= 11 is 5.89. The van der Waals surface area contributed by atoms with Crippen molar-refractivity contribution in [2.24, 2.45) is 5.10 Å². The minimum Gasteiger partial charge on any atom is -0.273 e. The van der Waals surface area contributed by atoms with Crippen molar-refractivity contribution >= 4 is 23.2 Å². The van der Waals surface area contributed by atoms with E-state index in [0.29, 0.717) is 17.3 Å². The first-order valence-electron chi connectivity index (χ1n) is 5.09. The van der Waals surface area contributed by atoms with Crippen LogP contribution in [0.4, 0.5) is 0 Å². The minimum absolute atomic E-state index is 0.0955. The Hall–Kier alpha value is -1.42. The average Bonchev–Trinajstić information content (AvgIpc) is 2.27. The van der Waals surface area contributed by atoms with Crippen LogP contribution >= 0.6 is 11.6 Å². The molecule has 0 radical (unpaired) electrons. The van der Waals surface area contributed by atoms with Gasteiger partial charge in [-0.15, -0.1) is 0 Å². The SMILES string of the molecule is CCCC(=O)NN=C(C)c1cccnc1Cl. The van der Waals surface area contributed by atoms with Crippen LogP contribution in [0.25, 0.3) is 0 Å². The molecule has 0 aliphatic rings. The monoisotopic (exact) mass is 239 g/mol. The fourth-order valence-electron chi connectivity index (χ4n) is 1.15. The van der Waals surface area contributed by atoms with Gasteiger partial charge in [-0.2, -0.15) is 5.10 Å². The summed E-state index contributed by atoms with van der Waals surface area (Å²) < 4.78 is 0. The number of pyridine rings is 1. The first-order valence-corrected chi connectivity index (χ1v) is 5.47. The van der Waals surface area contributed by atoms with Crippen LogP contribution in [-0.4, -0.2) is 16.6 Å². The van der Waals surface area contributed by atoms with Crippen molar-refractivity contribution in [3.8, 4) is 0 Å². The zero-order valence-electron chi connectivity index (χ0n) is 9.33. The van der Waals surface area contributed by atoms with E-state index in [9.17, 15) is 4.79 Å². The number of hydrogen-bond donors (Lipinski definition) is 1. The number of halogens is 1. The lowest BCUT2D eigenvalue weighted by molar-refractivity contribution is -0.121. The third kappa shape index (κ3) is 3.62. The van der Waals surface area contributed by atoms with Crippen LogP contribution < -0.4 is 5.43 Å². The van der Waals surface area contributed by atoms with Crippen molar-refractivity contribution in [1.29, 1.82) is 0 Å². The Kier molecular flexibility index (Phi) is 4.92. The van der Waals surface area contributed by atoms with Gasteiger partial charge in [0.2, 0.25) is 5.91 Å². The van der Waals surface area contributed by atoms with E-state index in [-0.39, 0.29) is 5.91 Å². The Morgan fingerprint density at radius 2 is 2.38 bits per heavy atom. The lowest BCUT2D eigenvalue weighted by Crippen LogP contribution is -2.18. The summed E-state index contributed by atoms with van der Waals surface area (Å²) in [6.07, 6.45) is 2.88. The fourth-order valence-corrected chi connectivity index (χ4v) is 1.40. The molecule has 16 heavy (non-hydrogen) atoms. The molecule has 0 aliphatic carbocycles. The van der Waals surface area contributed by atoms with E-state index in [4.69, 9.17) is 11.6 Å². The Balaban J connectivity index is 2.71. The average molecular weight is 240 g/mol. The quantitative estimate of drug-likeness (QED) is 0.498. The lowest BCUT2D eigenvalue weighted by Gasteiger charge is -2.03. The van der Waals surface area contributed by atoms with Crippen LogP contribution in [0.3, 0.4) is 0 Å². The topological polar surface area (TPSA) is 54.4 Å². The Morgan fingerprint density at radius 3 is 3.00 bits per heavy atom.